The van der Waals surface area contributed by atoms with E-state index < -0.39 is 0 Å². The van der Waals surface area contributed by atoms with Crippen LogP contribution in [-0.4, -0.2) is 14.8 Å². The molecule has 0 radical (unpaired) electrons. The third-order valence-electron chi connectivity index (χ3n) is 2.65. The van der Waals surface area contributed by atoms with Crippen LogP contribution in [0.4, 0.5) is 5.69 Å². The van der Waals surface area contributed by atoms with Gasteiger partial charge >= 0.3 is 0 Å². The zero-order chi connectivity index (χ0) is 11.8. The zero-order valence-corrected chi connectivity index (χ0v) is 10.0. The lowest BCUT2D eigenvalue weighted by atomic mass is 10.2. The Morgan fingerprint density at radius 1 is 1.41 bits per heavy atom. The van der Waals surface area contributed by atoms with Crippen LogP contribution in [0, 0.1) is 0 Å². The van der Waals surface area contributed by atoms with Crippen molar-refractivity contribution in [2.24, 2.45) is 12.9 Å². The Labute approximate surface area is 102 Å². The first-order valence-corrected chi connectivity index (χ1v) is 6.01. The van der Waals surface area contributed by atoms with Crippen LogP contribution in [-0.2, 0) is 7.05 Å². The minimum Gasteiger partial charge on any atom is -0.323 e. The number of hydrogen-bond acceptors (Lipinski definition) is 5. The van der Waals surface area contributed by atoms with Gasteiger partial charge in [-0.05, 0) is 23.6 Å². The minimum absolute atomic E-state index is 0.865. The van der Waals surface area contributed by atoms with E-state index in [1.807, 2.05) is 30.6 Å². The largest absolute Gasteiger partial charge is 0.323 e. The number of nitrogens with two attached hydrogens (primary N) is 1. The van der Waals surface area contributed by atoms with Crippen molar-refractivity contribution < 1.29 is 0 Å². The number of hydrazine groups is 1. The first-order chi connectivity index (χ1) is 8.29. The van der Waals surface area contributed by atoms with Crippen molar-refractivity contribution in [2.75, 3.05) is 5.43 Å². The molecule has 3 aromatic rings. The number of hydrogen-bond donors (Lipinski definition) is 2. The second-order valence-electron chi connectivity index (χ2n) is 3.67. The van der Waals surface area contributed by atoms with Crippen LogP contribution in [0.3, 0.4) is 0 Å². The average Bonchev–Trinajstić information content (AvgIpc) is 2.95. The van der Waals surface area contributed by atoms with Gasteiger partial charge < -0.3 is 5.43 Å². The molecule has 0 aliphatic heterocycles. The summed E-state index contributed by atoms with van der Waals surface area (Å²) in [4.78, 5) is 4.60. The van der Waals surface area contributed by atoms with Crippen molar-refractivity contribution in [1.29, 1.82) is 0 Å². The number of thiophene rings is 1. The van der Waals surface area contributed by atoms with E-state index in [9.17, 15) is 0 Å². The highest BCUT2D eigenvalue weighted by atomic mass is 32.1. The van der Waals surface area contributed by atoms with Gasteiger partial charge in [0.25, 0.3) is 0 Å². The first-order valence-electron chi connectivity index (χ1n) is 5.13. The summed E-state index contributed by atoms with van der Waals surface area (Å²) in [6.45, 7) is 0. The summed E-state index contributed by atoms with van der Waals surface area (Å²) in [7, 11) is 1.89. The molecule has 5 nitrogen and oxygen atoms in total. The second kappa shape index (κ2) is 3.83. The second-order valence-corrected chi connectivity index (χ2v) is 4.59. The minimum atomic E-state index is 0.865. The molecule has 0 aromatic carbocycles. The Morgan fingerprint density at radius 3 is 3.00 bits per heavy atom. The third-order valence-corrected chi connectivity index (χ3v) is 3.59. The molecule has 0 unspecified atom stereocenters. The van der Waals surface area contributed by atoms with Crippen LogP contribution in [0.25, 0.3) is 21.6 Å². The van der Waals surface area contributed by atoms with Crippen molar-refractivity contribution >= 4 is 27.2 Å². The van der Waals surface area contributed by atoms with E-state index in [-0.39, 0.29) is 0 Å². The van der Waals surface area contributed by atoms with Crippen molar-refractivity contribution in [3.05, 3.63) is 29.8 Å². The maximum atomic E-state index is 5.54. The number of pyridine rings is 1. The third kappa shape index (κ3) is 1.58. The lowest BCUT2D eigenvalue weighted by molar-refractivity contribution is 0.774. The Kier molecular flexibility index (Phi) is 2.31. The zero-order valence-electron chi connectivity index (χ0n) is 9.21. The molecule has 0 atom stereocenters. The molecule has 3 N–H and O–H groups in total. The van der Waals surface area contributed by atoms with Crippen LogP contribution >= 0.6 is 11.3 Å². The molecule has 0 aliphatic rings. The van der Waals surface area contributed by atoms with E-state index in [1.165, 1.54) is 0 Å². The fourth-order valence-corrected chi connectivity index (χ4v) is 2.63. The van der Waals surface area contributed by atoms with E-state index in [0.717, 1.165) is 27.3 Å². The molecular formula is C11H11N5S. The van der Waals surface area contributed by atoms with Gasteiger partial charge in [0.1, 0.15) is 0 Å². The highest BCUT2D eigenvalue weighted by molar-refractivity contribution is 7.17. The van der Waals surface area contributed by atoms with Gasteiger partial charge in [0, 0.05) is 13.2 Å². The highest BCUT2D eigenvalue weighted by Crippen LogP contribution is 2.30. The molecule has 0 saturated carbocycles. The molecule has 17 heavy (non-hydrogen) atoms. The van der Waals surface area contributed by atoms with Gasteiger partial charge in [-0.3, -0.25) is 10.5 Å². The molecule has 6 heteroatoms. The lowest BCUT2D eigenvalue weighted by Crippen LogP contribution is -2.07. The number of aryl methyl sites for hydroxylation is 1. The summed E-state index contributed by atoms with van der Waals surface area (Å²) in [5, 5.41) is 6.15. The fraction of sp³-hybridized carbons (Fsp3) is 0.0909. The SMILES string of the molecule is Cn1nccc1-c1cc(NN)c2sccc2n1. The monoisotopic (exact) mass is 245 g/mol. The molecule has 3 rings (SSSR count). The van der Waals surface area contributed by atoms with Crippen LogP contribution in [0.2, 0.25) is 0 Å². The number of rotatable bonds is 2. The predicted octanol–water partition coefficient (Wildman–Crippen LogP) is 1.98. The molecule has 0 amide bonds. The van der Waals surface area contributed by atoms with E-state index >= 15 is 0 Å². The number of nitrogens with zero attached hydrogens (tertiary/aromatic N) is 3. The summed E-state index contributed by atoms with van der Waals surface area (Å²) >= 11 is 1.62. The van der Waals surface area contributed by atoms with Crippen molar-refractivity contribution in [3.63, 3.8) is 0 Å². The number of nitrogens with one attached hydrogen (secondary N) is 1. The van der Waals surface area contributed by atoms with Crippen LogP contribution in [0.15, 0.2) is 29.8 Å². The van der Waals surface area contributed by atoms with Crippen LogP contribution in [0.5, 0.6) is 0 Å². The van der Waals surface area contributed by atoms with Gasteiger partial charge in [0.2, 0.25) is 0 Å². The van der Waals surface area contributed by atoms with Gasteiger partial charge in [-0.15, -0.1) is 11.3 Å². The van der Waals surface area contributed by atoms with E-state index in [0.29, 0.717) is 0 Å². The number of fused-ring (bicyclic) bond motifs is 1. The maximum absolute atomic E-state index is 5.54. The average molecular weight is 245 g/mol. The molecule has 86 valence electrons. The molecule has 0 spiro atoms. The fourth-order valence-electron chi connectivity index (χ4n) is 1.82. The number of nitrogen functional groups attached to an aromatic ring is 1. The Morgan fingerprint density at radius 2 is 2.29 bits per heavy atom. The highest BCUT2D eigenvalue weighted by Gasteiger charge is 2.10. The molecule has 0 aliphatic carbocycles. The molecular weight excluding hydrogens is 234 g/mol. The summed E-state index contributed by atoms with van der Waals surface area (Å²) in [5.41, 5.74) is 6.39. The summed E-state index contributed by atoms with van der Waals surface area (Å²) in [5.74, 6) is 5.54. The quantitative estimate of drug-likeness (QED) is 0.535. The summed E-state index contributed by atoms with van der Waals surface area (Å²) in [6.07, 6.45) is 1.75. The van der Waals surface area contributed by atoms with Crippen molar-refractivity contribution in [1.82, 2.24) is 14.8 Å². The molecule has 3 aromatic heterocycles. The Hall–Kier alpha value is -1.92. The molecule has 0 saturated heterocycles. The van der Waals surface area contributed by atoms with Gasteiger partial charge in [0.15, 0.2) is 0 Å². The Bertz CT molecular complexity index is 669. The van der Waals surface area contributed by atoms with Crippen molar-refractivity contribution in [3.8, 4) is 11.4 Å². The number of aromatic nitrogens is 3. The molecule has 0 fully saturated rings. The summed E-state index contributed by atoms with van der Waals surface area (Å²) in [6, 6.07) is 5.86. The van der Waals surface area contributed by atoms with Gasteiger partial charge in [-0.25, -0.2) is 4.98 Å². The topological polar surface area (TPSA) is 68.8 Å². The smallest absolute Gasteiger partial charge is 0.0912 e. The predicted molar refractivity (Wildman–Crippen MR) is 69.6 cm³/mol. The van der Waals surface area contributed by atoms with E-state index in [1.54, 1.807) is 22.2 Å². The molecule has 3 heterocycles. The lowest BCUT2D eigenvalue weighted by Gasteiger charge is -2.06. The van der Waals surface area contributed by atoms with E-state index in [2.05, 4.69) is 15.5 Å². The van der Waals surface area contributed by atoms with Crippen LogP contribution in [0.1, 0.15) is 0 Å². The van der Waals surface area contributed by atoms with Gasteiger partial charge in [-0.1, -0.05) is 0 Å². The van der Waals surface area contributed by atoms with Gasteiger partial charge in [0.05, 0.1) is 27.3 Å². The number of anilines is 1. The normalized spacial score (nSPS) is 10.9. The standard InChI is InChI=1S/C11H11N5S/c1-16-10(2-4-13-16)8-6-9(15-12)11-7(14-8)3-5-17-11/h2-6H,12H2,1H3,(H,14,15). The van der Waals surface area contributed by atoms with Crippen LogP contribution < -0.4 is 11.3 Å². The Balaban J connectivity index is 2.27. The van der Waals surface area contributed by atoms with E-state index in [4.69, 9.17) is 5.84 Å². The molecule has 0 bridgehead atoms. The van der Waals surface area contributed by atoms with Crippen molar-refractivity contribution in [2.45, 2.75) is 0 Å². The maximum Gasteiger partial charge on any atom is 0.0912 e. The summed E-state index contributed by atoms with van der Waals surface area (Å²) < 4.78 is 2.86. The van der Waals surface area contributed by atoms with Gasteiger partial charge in [-0.2, -0.15) is 5.10 Å². The first kappa shape index (κ1) is 10.2.